The quantitative estimate of drug-likeness (QED) is 0.837. The molecule has 1 saturated carbocycles. The van der Waals surface area contributed by atoms with Crippen molar-refractivity contribution in [2.75, 3.05) is 13.1 Å². The van der Waals surface area contributed by atoms with E-state index in [9.17, 15) is 9.59 Å². The number of likely N-dealkylation sites (tertiary alicyclic amines) is 1. The molecular weight excluding hydrogens is 346 g/mol. The summed E-state index contributed by atoms with van der Waals surface area (Å²) in [6.07, 6.45) is 8.54. The van der Waals surface area contributed by atoms with Gasteiger partial charge in [-0.2, -0.15) is 0 Å². The summed E-state index contributed by atoms with van der Waals surface area (Å²) in [4.78, 5) is 28.9. The number of urea groups is 1. The van der Waals surface area contributed by atoms with Crippen molar-refractivity contribution in [1.82, 2.24) is 15.5 Å². The highest BCUT2D eigenvalue weighted by molar-refractivity contribution is 7.14. The Hall–Kier alpha value is -1.56. The van der Waals surface area contributed by atoms with Crippen LogP contribution < -0.4 is 10.6 Å². The fourth-order valence-corrected chi connectivity index (χ4v) is 5.10. The molecule has 2 aliphatic rings. The van der Waals surface area contributed by atoms with Crippen molar-refractivity contribution in [2.24, 2.45) is 0 Å². The van der Waals surface area contributed by atoms with Crippen LogP contribution in [0.15, 0.2) is 6.07 Å². The molecule has 0 unspecified atom stereocenters. The van der Waals surface area contributed by atoms with Crippen LogP contribution in [0.4, 0.5) is 4.79 Å². The largest absolute Gasteiger partial charge is 0.338 e. The monoisotopic (exact) mass is 377 g/mol. The maximum absolute atomic E-state index is 12.7. The first kappa shape index (κ1) is 19.2. The third-order valence-corrected chi connectivity index (χ3v) is 6.75. The van der Waals surface area contributed by atoms with E-state index in [1.54, 1.807) is 11.3 Å². The molecule has 1 aromatic rings. The third kappa shape index (κ3) is 4.78. The number of hydrogen-bond donors (Lipinski definition) is 2. The zero-order valence-electron chi connectivity index (χ0n) is 16.0. The van der Waals surface area contributed by atoms with Crippen molar-refractivity contribution >= 4 is 23.3 Å². The highest BCUT2D eigenvalue weighted by atomic mass is 32.1. The van der Waals surface area contributed by atoms with Crippen LogP contribution in [-0.2, 0) is 6.42 Å². The molecule has 2 heterocycles. The molecule has 26 heavy (non-hydrogen) atoms. The third-order valence-electron chi connectivity index (χ3n) is 5.67. The van der Waals surface area contributed by atoms with E-state index in [4.69, 9.17) is 0 Å². The van der Waals surface area contributed by atoms with Crippen LogP contribution in [0, 0.1) is 6.92 Å². The molecule has 144 valence electrons. The lowest BCUT2D eigenvalue weighted by molar-refractivity contribution is 0.0713. The molecule has 1 aliphatic heterocycles. The summed E-state index contributed by atoms with van der Waals surface area (Å²) in [6, 6.07) is 2.51. The number of thiophene rings is 1. The van der Waals surface area contributed by atoms with E-state index in [1.165, 1.54) is 29.7 Å². The Morgan fingerprint density at radius 2 is 1.69 bits per heavy atom. The van der Waals surface area contributed by atoms with E-state index >= 15 is 0 Å². The van der Waals surface area contributed by atoms with E-state index in [-0.39, 0.29) is 18.0 Å². The lowest BCUT2D eigenvalue weighted by Gasteiger charge is -2.32. The van der Waals surface area contributed by atoms with Gasteiger partial charge in [0.25, 0.3) is 5.91 Å². The Kier molecular flexibility index (Phi) is 6.57. The zero-order valence-corrected chi connectivity index (χ0v) is 16.8. The van der Waals surface area contributed by atoms with Gasteiger partial charge in [-0.05, 0) is 50.7 Å². The molecule has 1 aromatic heterocycles. The summed E-state index contributed by atoms with van der Waals surface area (Å²) in [6.45, 7) is 5.64. The number of aryl methyl sites for hydroxylation is 2. The first-order valence-corrected chi connectivity index (χ1v) is 10.8. The van der Waals surface area contributed by atoms with Crippen molar-refractivity contribution in [2.45, 2.75) is 77.3 Å². The number of amides is 3. The predicted molar refractivity (Wildman–Crippen MR) is 106 cm³/mol. The summed E-state index contributed by atoms with van der Waals surface area (Å²) in [5.74, 6) is 0.142. The van der Waals surface area contributed by atoms with Crippen molar-refractivity contribution in [1.29, 1.82) is 0 Å². The van der Waals surface area contributed by atoms with E-state index in [0.29, 0.717) is 19.1 Å². The summed E-state index contributed by atoms with van der Waals surface area (Å²) in [7, 11) is 0. The summed E-state index contributed by atoms with van der Waals surface area (Å²) in [5.41, 5.74) is 1.27. The van der Waals surface area contributed by atoms with Gasteiger partial charge in [0.1, 0.15) is 0 Å². The van der Waals surface area contributed by atoms with Crippen LogP contribution in [0.25, 0.3) is 0 Å². The molecule has 3 rings (SSSR count). The molecule has 2 fully saturated rings. The molecule has 0 spiro atoms. The number of piperidine rings is 1. The van der Waals surface area contributed by atoms with Gasteiger partial charge in [-0.25, -0.2) is 4.79 Å². The molecule has 0 radical (unpaired) electrons. The lowest BCUT2D eigenvalue weighted by atomic mass is 9.96. The average molecular weight is 378 g/mol. The molecule has 6 heteroatoms. The number of carbonyl (C=O) groups excluding carboxylic acids is 2. The van der Waals surface area contributed by atoms with E-state index in [0.717, 1.165) is 37.0 Å². The Bertz CT molecular complexity index is 629. The van der Waals surface area contributed by atoms with Crippen LogP contribution in [0.3, 0.4) is 0 Å². The average Bonchev–Trinajstić information content (AvgIpc) is 3.03. The summed E-state index contributed by atoms with van der Waals surface area (Å²) >= 11 is 1.60. The minimum absolute atomic E-state index is 0.0388. The van der Waals surface area contributed by atoms with E-state index in [1.807, 2.05) is 11.0 Å². The van der Waals surface area contributed by atoms with Crippen LogP contribution in [0.2, 0.25) is 0 Å². The molecule has 0 atom stereocenters. The van der Waals surface area contributed by atoms with E-state index < -0.39 is 0 Å². The predicted octanol–water partition coefficient (Wildman–Crippen LogP) is 3.86. The van der Waals surface area contributed by atoms with Gasteiger partial charge in [0, 0.05) is 30.1 Å². The Morgan fingerprint density at radius 1 is 1.08 bits per heavy atom. The van der Waals surface area contributed by atoms with Gasteiger partial charge >= 0.3 is 6.03 Å². The first-order valence-electron chi connectivity index (χ1n) is 10.0. The van der Waals surface area contributed by atoms with Crippen LogP contribution in [0.1, 0.15) is 72.0 Å². The SMILES string of the molecule is CCc1cc(C(=O)N2CCC(NC(=O)NC3CCCCC3)CC2)sc1C. The van der Waals surface area contributed by atoms with Gasteiger partial charge in [0.15, 0.2) is 0 Å². The molecule has 2 N–H and O–H groups in total. The fourth-order valence-electron chi connectivity index (χ4n) is 4.02. The molecule has 1 saturated heterocycles. The molecule has 0 aromatic carbocycles. The van der Waals surface area contributed by atoms with Crippen molar-refractivity contribution < 1.29 is 9.59 Å². The Balaban J connectivity index is 1.44. The minimum atomic E-state index is -0.0388. The van der Waals surface area contributed by atoms with E-state index in [2.05, 4.69) is 24.5 Å². The second-order valence-corrected chi connectivity index (χ2v) is 8.82. The highest BCUT2D eigenvalue weighted by Crippen LogP contribution is 2.24. The normalized spacial score (nSPS) is 19.4. The van der Waals surface area contributed by atoms with Gasteiger partial charge in [0.05, 0.1) is 4.88 Å². The van der Waals surface area contributed by atoms with Crippen molar-refractivity contribution in [3.8, 4) is 0 Å². The number of nitrogens with zero attached hydrogens (tertiary/aromatic N) is 1. The van der Waals surface area contributed by atoms with Gasteiger partial charge in [-0.1, -0.05) is 26.2 Å². The number of hydrogen-bond acceptors (Lipinski definition) is 3. The number of rotatable bonds is 4. The Labute approximate surface area is 160 Å². The summed E-state index contributed by atoms with van der Waals surface area (Å²) < 4.78 is 0. The second kappa shape index (κ2) is 8.89. The standard InChI is InChI=1S/C20H31N3O2S/c1-3-15-13-18(26-14(15)2)19(24)23-11-9-17(10-12-23)22-20(25)21-16-7-5-4-6-8-16/h13,16-17H,3-12H2,1-2H3,(H2,21,22,25). The molecule has 1 aliphatic carbocycles. The van der Waals surface area contributed by atoms with Crippen molar-refractivity contribution in [3.63, 3.8) is 0 Å². The fraction of sp³-hybridized carbons (Fsp3) is 0.700. The first-order chi connectivity index (χ1) is 12.6. The van der Waals surface area contributed by atoms with Gasteiger partial charge in [0.2, 0.25) is 0 Å². The van der Waals surface area contributed by atoms with Gasteiger partial charge in [-0.3, -0.25) is 4.79 Å². The van der Waals surface area contributed by atoms with Crippen LogP contribution >= 0.6 is 11.3 Å². The molecular formula is C20H31N3O2S. The maximum Gasteiger partial charge on any atom is 0.315 e. The zero-order chi connectivity index (χ0) is 18.5. The van der Waals surface area contributed by atoms with Crippen LogP contribution in [-0.4, -0.2) is 42.0 Å². The number of nitrogens with one attached hydrogen (secondary N) is 2. The van der Waals surface area contributed by atoms with Crippen molar-refractivity contribution in [3.05, 3.63) is 21.4 Å². The molecule has 3 amide bonds. The topological polar surface area (TPSA) is 61.4 Å². The van der Waals surface area contributed by atoms with Gasteiger partial charge in [-0.15, -0.1) is 11.3 Å². The van der Waals surface area contributed by atoms with Crippen LogP contribution in [0.5, 0.6) is 0 Å². The molecule has 5 nitrogen and oxygen atoms in total. The lowest BCUT2D eigenvalue weighted by Crippen LogP contribution is -2.51. The smallest absolute Gasteiger partial charge is 0.315 e. The highest BCUT2D eigenvalue weighted by Gasteiger charge is 2.26. The Morgan fingerprint density at radius 3 is 2.27 bits per heavy atom. The van der Waals surface area contributed by atoms with Gasteiger partial charge < -0.3 is 15.5 Å². The summed E-state index contributed by atoms with van der Waals surface area (Å²) in [5, 5.41) is 6.21. The molecule has 0 bridgehead atoms. The second-order valence-electron chi connectivity index (χ2n) is 7.56. The maximum atomic E-state index is 12.7. The number of carbonyl (C=O) groups is 2. The minimum Gasteiger partial charge on any atom is -0.338 e.